The van der Waals surface area contributed by atoms with Gasteiger partial charge in [-0.1, -0.05) is 0 Å². The highest BCUT2D eigenvalue weighted by Crippen LogP contribution is 2.21. The number of aromatic amines is 1. The van der Waals surface area contributed by atoms with E-state index in [2.05, 4.69) is 0 Å². The highest BCUT2D eigenvalue weighted by atomic mass is 19.3. The summed E-state index contributed by atoms with van der Waals surface area (Å²) in [5, 5.41) is 0. The Balaban J connectivity index is 3.49. The molecule has 76 valence electrons. The van der Waals surface area contributed by atoms with E-state index in [-0.39, 0.29) is 5.56 Å². The van der Waals surface area contributed by atoms with Gasteiger partial charge in [-0.05, 0) is 12.5 Å². The molecule has 0 atom stereocenters. The largest absolute Gasteiger partial charge is 0.365 e. The fraction of sp³-hybridized carbons (Fsp3) is 0.250. The summed E-state index contributed by atoms with van der Waals surface area (Å²) in [5.74, 6) is -1.01. The lowest BCUT2D eigenvalue weighted by Gasteiger charge is -2.06. The van der Waals surface area contributed by atoms with E-state index in [1.165, 1.54) is 6.92 Å². The number of aromatic nitrogens is 1. The molecule has 0 unspecified atom stereocenters. The van der Waals surface area contributed by atoms with E-state index in [0.717, 1.165) is 6.20 Å². The fourth-order valence-electron chi connectivity index (χ4n) is 1.16. The molecule has 0 bridgehead atoms. The van der Waals surface area contributed by atoms with E-state index < -0.39 is 29.0 Å². The number of pyridine rings is 1. The van der Waals surface area contributed by atoms with Crippen LogP contribution in [0.1, 0.15) is 27.9 Å². The van der Waals surface area contributed by atoms with E-state index in [0.29, 0.717) is 0 Å². The summed E-state index contributed by atoms with van der Waals surface area (Å²) < 4.78 is 24.7. The number of H-pyrrole nitrogens is 1. The molecule has 0 spiro atoms. The quantitative estimate of drug-likeness (QED) is 0.741. The third-order valence-corrected chi connectivity index (χ3v) is 1.88. The van der Waals surface area contributed by atoms with Crippen LogP contribution in [0.3, 0.4) is 0 Å². The Hall–Kier alpha value is -1.72. The van der Waals surface area contributed by atoms with Gasteiger partial charge in [0.05, 0.1) is 0 Å². The van der Waals surface area contributed by atoms with Gasteiger partial charge in [-0.2, -0.15) is 0 Å². The summed E-state index contributed by atoms with van der Waals surface area (Å²) in [6.07, 6.45) is -1.86. The van der Waals surface area contributed by atoms with Crippen molar-refractivity contribution in [2.45, 2.75) is 13.3 Å². The molecular formula is C8H8F2N2O2. The number of hydrogen-bond donors (Lipinski definition) is 2. The summed E-state index contributed by atoms with van der Waals surface area (Å²) in [6.45, 7) is 1.26. The molecular weight excluding hydrogens is 194 g/mol. The summed E-state index contributed by atoms with van der Waals surface area (Å²) in [6, 6.07) is 0. The second-order valence-electron chi connectivity index (χ2n) is 2.74. The molecule has 0 aliphatic carbocycles. The van der Waals surface area contributed by atoms with Crippen LogP contribution in [0.4, 0.5) is 8.78 Å². The van der Waals surface area contributed by atoms with E-state index in [1.807, 2.05) is 4.98 Å². The molecule has 1 amide bonds. The van der Waals surface area contributed by atoms with Crippen molar-refractivity contribution in [3.63, 3.8) is 0 Å². The maximum Gasteiger partial charge on any atom is 0.265 e. The average molecular weight is 202 g/mol. The molecule has 14 heavy (non-hydrogen) atoms. The minimum absolute atomic E-state index is 0.0729. The van der Waals surface area contributed by atoms with Crippen LogP contribution in [-0.4, -0.2) is 10.9 Å². The van der Waals surface area contributed by atoms with Gasteiger partial charge in [-0.15, -0.1) is 0 Å². The van der Waals surface area contributed by atoms with Gasteiger partial charge in [-0.3, -0.25) is 9.59 Å². The predicted molar refractivity (Wildman–Crippen MR) is 45.3 cm³/mol. The second kappa shape index (κ2) is 3.57. The Morgan fingerprint density at radius 1 is 1.57 bits per heavy atom. The zero-order valence-electron chi connectivity index (χ0n) is 7.30. The topological polar surface area (TPSA) is 75.9 Å². The van der Waals surface area contributed by atoms with Gasteiger partial charge < -0.3 is 10.7 Å². The summed E-state index contributed by atoms with van der Waals surface area (Å²) in [7, 11) is 0. The molecule has 1 heterocycles. The number of carbonyl (C=O) groups is 1. The van der Waals surface area contributed by atoms with Crippen LogP contribution in [0.5, 0.6) is 0 Å². The van der Waals surface area contributed by atoms with Crippen LogP contribution in [0.2, 0.25) is 0 Å². The van der Waals surface area contributed by atoms with E-state index in [9.17, 15) is 18.4 Å². The van der Waals surface area contributed by atoms with Crippen LogP contribution >= 0.6 is 0 Å². The van der Waals surface area contributed by atoms with Gasteiger partial charge in [0.2, 0.25) is 0 Å². The standard InChI is InChI=1S/C8H8F2N2O2/c1-3-4(6(9)10)2-12-8(14)5(3)7(11)13/h2,6H,1H3,(H2,11,13)(H,12,14). The molecule has 0 radical (unpaired) electrons. The molecule has 1 aromatic heterocycles. The van der Waals surface area contributed by atoms with Crippen molar-refractivity contribution >= 4 is 5.91 Å². The molecule has 3 N–H and O–H groups in total. The highest BCUT2D eigenvalue weighted by molar-refractivity contribution is 5.94. The van der Waals surface area contributed by atoms with Crippen LogP contribution in [0, 0.1) is 6.92 Å². The number of hydrogen-bond acceptors (Lipinski definition) is 2. The molecule has 0 fully saturated rings. The Morgan fingerprint density at radius 2 is 2.14 bits per heavy atom. The van der Waals surface area contributed by atoms with Crippen molar-refractivity contribution in [3.8, 4) is 0 Å². The first-order chi connectivity index (χ1) is 6.45. The van der Waals surface area contributed by atoms with E-state index in [1.54, 1.807) is 0 Å². The van der Waals surface area contributed by atoms with Crippen molar-refractivity contribution in [2.75, 3.05) is 0 Å². The zero-order chi connectivity index (χ0) is 10.9. The van der Waals surface area contributed by atoms with E-state index in [4.69, 9.17) is 5.73 Å². The first-order valence-corrected chi connectivity index (χ1v) is 3.75. The number of rotatable bonds is 2. The van der Waals surface area contributed by atoms with Crippen molar-refractivity contribution in [1.29, 1.82) is 0 Å². The van der Waals surface area contributed by atoms with Crippen molar-refractivity contribution in [1.82, 2.24) is 4.98 Å². The Morgan fingerprint density at radius 3 is 2.57 bits per heavy atom. The minimum Gasteiger partial charge on any atom is -0.365 e. The normalized spacial score (nSPS) is 10.6. The SMILES string of the molecule is Cc1c(C(F)F)c[nH]c(=O)c1C(N)=O. The molecule has 4 nitrogen and oxygen atoms in total. The number of halogens is 2. The lowest BCUT2D eigenvalue weighted by Crippen LogP contribution is -2.25. The molecule has 1 aromatic rings. The number of nitrogens with one attached hydrogen (secondary N) is 1. The molecule has 0 aliphatic rings. The molecule has 0 aromatic carbocycles. The van der Waals surface area contributed by atoms with Gasteiger partial charge in [0, 0.05) is 11.8 Å². The minimum atomic E-state index is -2.75. The average Bonchev–Trinajstić information content (AvgIpc) is 2.02. The fourth-order valence-corrected chi connectivity index (χ4v) is 1.16. The number of alkyl halides is 2. The monoisotopic (exact) mass is 202 g/mol. The van der Waals surface area contributed by atoms with Crippen LogP contribution in [-0.2, 0) is 0 Å². The third-order valence-electron chi connectivity index (χ3n) is 1.88. The van der Waals surface area contributed by atoms with Crippen molar-refractivity contribution in [3.05, 3.63) is 33.2 Å². The van der Waals surface area contributed by atoms with Gasteiger partial charge in [0.1, 0.15) is 5.56 Å². The first-order valence-electron chi connectivity index (χ1n) is 3.75. The Bertz CT molecular complexity index is 426. The zero-order valence-corrected chi connectivity index (χ0v) is 7.30. The van der Waals surface area contributed by atoms with Crippen molar-refractivity contribution in [2.24, 2.45) is 5.73 Å². The van der Waals surface area contributed by atoms with Gasteiger partial charge in [0.25, 0.3) is 17.9 Å². The second-order valence-corrected chi connectivity index (χ2v) is 2.74. The molecule has 0 saturated heterocycles. The number of carbonyl (C=O) groups excluding carboxylic acids is 1. The van der Waals surface area contributed by atoms with Crippen LogP contribution < -0.4 is 11.3 Å². The van der Waals surface area contributed by atoms with Gasteiger partial charge >= 0.3 is 0 Å². The van der Waals surface area contributed by atoms with Gasteiger partial charge in [-0.25, -0.2) is 8.78 Å². The Labute approximate surface area is 77.7 Å². The lowest BCUT2D eigenvalue weighted by molar-refractivity contribution is 0.0997. The van der Waals surface area contributed by atoms with Crippen molar-refractivity contribution < 1.29 is 13.6 Å². The molecule has 6 heteroatoms. The number of amides is 1. The number of nitrogens with two attached hydrogens (primary N) is 1. The van der Waals surface area contributed by atoms with Crippen LogP contribution in [0.25, 0.3) is 0 Å². The lowest BCUT2D eigenvalue weighted by atomic mass is 10.1. The highest BCUT2D eigenvalue weighted by Gasteiger charge is 2.18. The number of primary amides is 1. The maximum absolute atomic E-state index is 12.3. The van der Waals surface area contributed by atoms with Crippen LogP contribution in [0.15, 0.2) is 11.0 Å². The molecule has 0 aliphatic heterocycles. The van der Waals surface area contributed by atoms with E-state index >= 15 is 0 Å². The smallest absolute Gasteiger partial charge is 0.265 e. The molecule has 0 saturated carbocycles. The Kier molecular flexibility index (Phi) is 2.64. The summed E-state index contributed by atoms with van der Waals surface area (Å²) in [4.78, 5) is 23.9. The third kappa shape index (κ3) is 1.63. The maximum atomic E-state index is 12.3. The first kappa shape index (κ1) is 10.4. The summed E-state index contributed by atoms with van der Waals surface area (Å²) >= 11 is 0. The molecule has 1 rings (SSSR count). The predicted octanol–water partition coefficient (Wildman–Crippen LogP) is 0.720. The van der Waals surface area contributed by atoms with Gasteiger partial charge in [0.15, 0.2) is 0 Å². The summed E-state index contributed by atoms with van der Waals surface area (Å²) in [5.41, 5.74) is 3.25.